The minimum Gasteiger partial charge on any atom is -0.393 e. The number of halogens is 2. The van der Waals surface area contributed by atoms with E-state index in [4.69, 9.17) is 11.6 Å². The molecule has 2 heterocycles. The summed E-state index contributed by atoms with van der Waals surface area (Å²) in [6, 6.07) is 4.57. The highest BCUT2D eigenvalue weighted by Gasteiger charge is 2.24. The van der Waals surface area contributed by atoms with Crippen molar-refractivity contribution in [2.75, 3.05) is 0 Å². The van der Waals surface area contributed by atoms with Gasteiger partial charge < -0.3 is 9.67 Å². The average Bonchev–Trinajstić information content (AvgIpc) is 3.00. The van der Waals surface area contributed by atoms with Crippen molar-refractivity contribution < 1.29 is 14.3 Å². The van der Waals surface area contributed by atoms with Gasteiger partial charge in [0.25, 0.3) is 0 Å². The van der Waals surface area contributed by atoms with Gasteiger partial charge in [0.15, 0.2) is 0 Å². The number of fused-ring (bicyclic) bond motifs is 1. The van der Waals surface area contributed by atoms with Gasteiger partial charge in [-0.05, 0) is 43.4 Å². The third kappa shape index (κ3) is 2.99. The standard InChI is InChI=1S/C19H17ClFN3O2/c20-19-22-8-15-16(14-6-1-11(10-25)7-17(14)21)9-24(18(15)23-19)12-2-4-13(26)5-3-12/h1,6-10,12-13,26H,2-5H2/t12-,13-. The predicted octanol–water partition coefficient (Wildman–Crippen LogP) is 4.18. The first kappa shape index (κ1) is 17.1. The summed E-state index contributed by atoms with van der Waals surface area (Å²) < 4.78 is 16.6. The van der Waals surface area contributed by atoms with Gasteiger partial charge in [0.2, 0.25) is 5.28 Å². The summed E-state index contributed by atoms with van der Waals surface area (Å²) in [5.41, 5.74) is 2.00. The predicted molar refractivity (Wildman–Crippen MR) is 96.8 cm³/mol. The smallest absolute Gasteiger partial charge is 0.224 e. The second-order valence-electron chi connectivity index (χ2n) is 6.65. The summed E-state index contributed by atoms with van der Waals surface area (Å²) in [4.78, 5) is 19.3. The lowest BCUT2D eigenvalue weighted by Crippen LogP contribution is -2.20. The molecule has 3 aromatic rings. The quantitative estimate of drug-likeness (QED) is 0.552. The number of aldehydes is 1. The highest BCUT2D eigenvalue weighted by atomic mass is 35.5. The van der Waals surface area contributed by atoms with Crippen molar-refractivity contribution in [3.8, 4) is 11.1 Å². The molecule has 1 saturated carbocycles. The zero-order valence-corrected chi connectivity index (χ0v) is 14.7. The molecule has 4 rings (SSSR count). The Morgan fingerprint density at radius 1 is 1.23 bits per heavy atom. The van der Waals surface area contributed by atoms with E-state index in [9.17, 15) is 14.3 Å². The van der Waals surface area contributed by atoms with Crippen molar-refractivity contribution in [3.05, 3.63) is 47.3 Å². The van der Waals surface area contributed by atoms with Crippen molar-refractivity contribution >= 4 is 28.9 Å². The minimum absolute atomic E-state index is 0.135. The summed E-state index contributed by atoms with van der Waals surface area (Å²) >= 11 is 5.99. The maximum absolute atomic E-state index is 14.6. The summed E-state index contributed by atoms with van der Waals surface area (Å²) in [6.07, 6.45) is 6.91. The average molecular weight is 374 g/mol. The highest BCUT2D eigenvalue weighted by molar-refractivity contribution is 6.28. The monoisotopic (exact) mass is 373 g/mol. The fraction of sp³-hybridized carbons (Fsp3) is 0.316. The lowest BCUT2D eigenvalue weighted by molar-refractivity contribution is 0.111. The van der Waals surface area contributed by atoms with Gasteiger partial charge in [-0.25, -0.2) is 9.37 Å². The normalized spacial score (nSPS) is 20.4. The fourth-order valence-electron chi connectivity index (χ4n) is 3.66. The van der Waals surface area contributed by atoms with Crippen molar-refractivity contribution in [2.45, 2.75) is 37.8 Å². The summed E-state index contributed by atoms with van der Waals surface area (Å²) in [7, 11) is 0. The Morgan fingerprint density at radius 3 is 2.69 bits per heavy atom. The van der Waals surface area contributed by atoms with Gasteiger partial charge in [-0.2, -0.15) is 4.98 Å². The van der Waals surface area contributed by atoms with Crippen LogP contribution in [0.15, 0.2) is 30.6 Å². The molecule has 26 heavy (non-hydrogen) atoms. The van der Waals surface area contributed by atoms with Crippen LogP contribution in [0.2, 0.25) is 5.28 Å². The van der Waals surface area contributed by atoms with Gasteiger partial charge in [-0.1, -0.05) is 12.1 Å². The second-order valence-corrected chi connectivity index (χ2v) is 6.98. The van der Waals surface area contributed by atoms with Crippen LogP contribution in [-0.4, -0.2) is 32.0 Å². The molecule has 0 bridgehead atoms. The zero-order valence-electron chi connectivity index (χ0n) is 13.9. The Hall–Kier alpha value is -2.31. The number of carbonyl (C=O) groups is 1. The van der Waals surface area contributed by atoms with E-state index in [2.05, 4.69) is 9.97 Å². The molecule has 0 unspecified atom stereocenters. The number of rotatable bonds is 3. The van der Waals surface area contributed by atoms with E-state index < -0.39 is 5.82 Å². The Labute approximate surface area is 154 Å². The van der Waals surface area contributed by atoms with Crippen LogP contribution in [0.5, 0.6) is 0 Å². The zero-order chi connectivity index (χ0) is 18.3. The first-order valence-corrected chi connectivity index (χ1v) is 8.91. The van der Waals surface area contributed by atoms with Gasteiger partial charge in [-0.15, -0.1) is 0 Å². The number of aliphatic hydroxyl groups excluding tert-OH is 1. The third-order valence-corrected chi connectivity index (χ3v) is 5.20. The Bertz CT molecular complexity index is 980. The van der Waals surface area contributed by atoms with Crippen LogP contribution in [0.1, 0.15) is 42.1 Å². The van der Waals surface area contributed by atoms with E-state index >= 15 is 0 Å². The SMILES string of the molecule is O=Cc1ccc(-c2cn([C@H]3CC[C@H](O)CC3)c3nc(Cl)ncc23)c(F)c1. The number of aliphatic hydroxyl groups is 1. The molecule has 0 amide bonds. The first-order chi connectivity index (χ1) is 12.6. The molecule has 1 aliphatic carbocycles. The van der Waals surface area contributed by atoms with Crippen molar-refractivity contribution in [3.63, 3.8) is 0 Å². The molecule has 2 aromatic heterocycles. The van der Waals surface area contributed by atoms with E-state index in [1.165, 1.54) is 6.07 Å². The Morgan fingerprint density at radius 2 is 2.00 bits per heavy atom. The molecule has 1 N–H and O–H groups in total. The van der Waals surface area contributed by atoms with Crippen molar-refractivity contribution in [1.29, 1.82) is 0 Å². The maximum Gasteiger partial charge on any atom is 0.224 e. The molecule has 1 aromatic carbocycles. The number of aromatic nitrogens is 3. The van der Waals surface area contributed by atoms with Crippen LogP contribution in [0, 0.1) is 5.82 Å². The maximum atomic E-state index is 14.6. The van der Waals surface area contributed by atoms with E-state index in [-0.39, 0.29) is 23.0 Å². The molecular weight excluding hydrogens is 357 g/mol. The van der Waals surface area contributed by atoms with Crippen LogP contribution in [0.25, 0.3) is 22.2 Å². The molecule has 134 valence electrons. The molecular formula is C19H17ClFN3O2. The largest absolute Gasteiger partial charge is 0.393 e. The molecule has 0 aliphatic heterocycles. The molecule has 1 fully saturated rings. The van der Waals surface area contributed by atoms with E-state index in [1.807, 2.05) is 10.8 Å². The molecule has 0 radical (unpaired) electrons. The van der Waals surface area contributed by atoms with E-state index in [1.54, 1.807) is 18.3 Å². The number of hydrogen-bond acceptors (Lipinski definition) is 4. The van der Waals surface area contributed by atoms with Crippen LogP contribution in [0.3, 0.4) is 0 Å². The van der Waals surface area contributed by atoms with Gasteiger partial charge in [0.05, 0.1) is 6.10 Å². The Kier molecular flexibility index (Phi) is 4.46. The Balaban J connectivity index is 1.87. The molecule has 5 nitrogen and oxygen atoms in total. The van der Waals surface area contributed by atoms with Gasteiger partial charge in [0, 0.05) is 40.5 Å². The lowest BCUT2D eigenvalue weighted by atomic mass is 9.93. The number of hydrogen-bond donors (Lipinski definition) is 1. The molecule has 0 saturated heterocycles. The molecule has 0 atom stereocenters. The van der Waals surface area contributed by atoms with Crippen molar-refractivity contribution in [1.82, 2.24) is 14.5 Å². The number of nitrogens with zero attached hydrogens (tertiary/aromatic N) is 3. The highest BCUT2D eigenvalue weighted by Crippen LogP contribution is 2.37. The second kappa shape index (κ2) is 6.78. The molecule has 7 heteroatoms. The van der Waals surface area contributed by atoms with Crippen LogP contribution < -0.4 is 0 Å². The van der Waals surface area contributed by atoms with Crippen LogP contribution >= 0.6 is 11.6 Å². The fourth-order valence-corrected chi connectivity index (χ4v) is 3.79. The summed E-state index contributed by atoms with van der Waals surface area (Å²) in [5, 5.41) is 10.6. The van der Waals surface area contributed by atoms with Crippen LogP contribution in [0.4, 0.5) is 4.39 Å². The van der Waals surface area contributed by atoms with E-state index in [0.29, 0.717) is 28.4 Å². The minimum atomic E-state index is -0.470. The van der Waals surface area contributed by atoms with Gasteiger partial charge in [0.1, 0.15) is 17.8 Å². The van der Waals surface area contributed by atoms with E-state index in [0.717, 1.165) is 25.7 Å². The number of carbonyl (C=O) groups excluding carboxylic acids is 1. The third-order valence-electron chi connectivity index (χ3n) is 5.02. The summed E-state index contributed by atoms with van der Waals surface area (Å²) in [6.45, 7) is 0. The van der Waals surface area contributed by atoms with Crippen molar-refractivity contribution in [2.24, 2.45) is 0 Å². The molecule has 0 spiro atoms. The molecule has 1 aliphatic rings. The number of benzene rings is 1. The van der Waals surface area contributed by atoms with Gasteiger partial charge in [-0.3, -0.25) is 4.79 Å². The van der Waals surface area contributed by atoms with Gasteiger partial charge >= 0.3 is 0 Å². The van der Waals surface area contributed by atoms with Crippen LogP contribution in [-0.2, 0) is 0 Å². The lowest BCUT2D eigenvalue weighted by Gasteiger charge is -2.27. The topological polar surface area (TPSA) is 68.0 Å². The summed E-state index contributed by atoms with van der Waals surface area (Å²) in [5.74, 6) is -0.470. The first-order valence-electron chi connectivity index (χ1n) is 8.53.